The molecule has 0 bridgehead atoms. The van der Waals surface area contributed by atoms with Crippen LogP contribution in [0.4, 0.5) is 0 Å². The molecule has 8 heteroatoms. The Morgan fingerprint density at radius 1 is 1.23 bits per heavy atom. The first-order chi connectivity index (χ1) is 9.15. The highest BCUT2D eigenvalue weighted by molar-refractivity contribution is 5.86. The fourth-order valence-corrected chi connectivity index (χ4v) is 2.84. The molecule has 0 saturated carbocycles. The zero-order chi connectivity index (χ0) is 13.7. The molecule has 0 aromatic carbocycles. The molecule has 1 unspecified atom stereocenters. The van der Waals surface area contributed by atoms with Gasteiger partial charge in [-0.15, -0.1) is 37.2 Å². The standard InChI is InChI=1S/C14H28N4O.3ClH/c1-12(11-18-8-6-17(2)7-9-18)10-16-14(19)13-4-3-5-15-13;;;/h12-13,15H,3-11H2,1-2H3,(H,16,19);3*1H/t12?,13-;;;/m0.../s1. The first-order valence-corrected chi connectivity index (χ1v) is 7.57. The number of hydrogen-bond acceptors (Lipinski definition) is 4. The molecule has 0 aromatic heterocycles. The van der Waals surface area contributed by atoms with Crippen LogP contribution in [0.5, 0.6) is 0 Å². The number of amides is 1. The maximum absolute atomic E-state index is 11.9. The van der Waals surface area contributed by atoms with Gasteiger partial charge in [0.2, 0.25) is 5.91 Å². The summed E-state index contributed by atoms with van der Waals surface area (Å²) < 4.78 is 0. The zero-order valence-corrected chi connectivity index (χ0v) is 16.0. The topological polar surface area (TPSA) is 47.6 Å². The third kappa shape index (κ3) is 8.18. The summed E-state index contributed by atoms with van der Waals surface area (Å²) in [6.07, 6.45) is 2.10. The lowest BCUT2D eigenvalue weighted by Crippen LogP contribution is -2.47. The lowest BCUT2D eigenvalue weighted by Gasteiger charge is -2.34. The second-order valence-electron chi connectivity index (χ2n) is 6.10. The SMILES string of the molecule is CC(CNC(=O)[C@@H]1CCCN1)CN1CCN(C)CC1.Cl.Cl.Cl. The van der Waals surface area contributed by atoms with E-state index < -0.39 is 0 Å². The van der Waals surface area contributed by atoms with E-state index in [2.05, 4.69) is 34.4 Å². The van der Waals surface area contributed by atoms with Crippen molar-refractivity contribution in [3.8, 4) is 0 Å². The van der Waals surface area contributed by atoms with Gasteiger partial charge >= 0.3 is 0 Å². The highest BCUT2D eigenvalue weighted by Crippen LogP contribution is 2.06. The van der Waals surface area contributed by atoms with E-state index in [0.29, 0.717) is 5.92 Å². The number of rotatable bonds is 5. The number of hydrogen-bond donors (Lipinski definition) is 2. The van der Waals surface area contributed by atoms with Gasteiger partial charge in [0.25, 0.3) is 0 Å². The van der Waals surface area contributed by atoms with Crippen LogP contribution in [0.25, 0.3) is 0 Å². The largest absolute Gasteiger partial charge is 0.354 e. The molecule has 2 fully saturated rings. The van der Waals surface area contributed by atoms with Gasteiger partial charge in [-0.2, -0.15) is 0 Å². The minimum absolute atomic E-state index is 0. The Hall–Kier alpha value is 0.220. The number of nitrogens with zero attached hydrogens (tertiary/aromatic N) is 2. The molecule has 0 spiro atoms. The van der Waals surface area contributed by atoms with E-state index >= 15 is 0 Å². The summed E-state index contributed by atoms with van der Waals surface area (Å²) in [6, 6.07) is 0.0517. The third-order valence-electron chi connectivity index (χ3n) is 4.17. The fraction of sp³-hybridized carbons (Fsp3) is 0.929. The summed E-state index contributed by atoms with van der Waals surface area (Å²) >= 11 is 0. The molecule has 0 radical (unpaired) electrons. The smallest absolute Gasteiger partial charge is 0.237 e. The summed E-state index contributed by atoms with van der Waals surface area (Å²) in [5.41, 5.74) is 0. The highest BCUT2D eigenvalue weighted by atomic mass is 35.5. The van der Waals surface area contributed by atoms with E-state index in [0.717, 1.165) is 58.7 Å². The average molecular weight is 378 g/mol. The van der Waals surface area contributed by atoms with Crippen molar-refractivity contribution >= 4 is 43.1 Å². The number of carbonyl (C=O) groups excluding carboxylic acids is 1. The Kier molecular flexibility index (Phi) is 14.0. The molecule has 134 valence electrons. The van der Waals surface area contributed by atoms with Crippen molar-refractivity contribution < 1.29 is 4.79 Å². The van der Waals surface area contributed by atoms with Crippen molar-refractivity contribution in [2.75, 3.05) is 52.9 Å². The monoisotopic (exact) mass is 376 g/mol. The van der Waals surface area contributed by atoms with Gasteiger partial charge in [-0.05, 0) is 32.4 Å². The summed E-state index contributed by atoms with van der Waals surface area (Å²) in [7, 11) is 2.18. The Balaban J connectivity index is 0. The van der Waals surface area contributed by atoms with Crippen LogP contribution in [-0.4, -0.2) is 74.6 Å². The van der Waals surface area contributed by atoms with E-state index in [4.69, 9.17) is 0 Å². The van der Waals surface area contributed by atoms with Crippen molar-refractivity contribution in [2.45, 2.75) is 25.8 Å². The Morgan fingerprint density at radius 3 is 2.41 bits per heavy atom. The van der Waals surface area contributed by atoms with E-state index in [1.807, 2.05) is 0 Å². The molecule has 2 heterocycles. The van der Waals surface area contributed by atoms with Gasteiger partial charge in [0.05, 0.1) is 6.04 Å². The van der Waals surface area contributed by atoms with Crippen LogP contribution >= 0.6 is 37.2 Å². The molecule has 0 aliphatic carbocycles. The van der Waals surface area contributed by atoms with Gasteiger partial charge in [-0.3, -0.25) is 4.79 Å². The average Bonchev–Trinajstić information content (AvgIpc) is 2.93. The second-order valence-corrected chi connectivity index (χ2v) is 6.10. The van der Waals surface area contributed by atoms with Crippen molar-refractivity contribution in [1.29, 1.82) is 0 Å². The van der Waals surface area contributed by atoms with Crippen LogP contribution in [0.1, 0.15) is 19.8 Å². The van der Waals surface area contributed by atoms with Gasteiger partial charge in [0.1, 0.15) is 0 Å². The second kappa shape index (κ2) is 12.6. The summed E-state index contributed by atoms with van der Waals surface area (Å²) in [5.74, 6) is 0.705. The molecular weight excluding hydrogens is 347 g/mol. The van der Waals surface area contributed by atoms with Gasteiger partial charge in [-0.1, -0.05) is 6.92 Å². The van der Waals surface area contributed by atoms with Gasteiger partial charge < -0.3 is 20.4 Å². The van der Waals surface area contributed by atoms with Crippen LogP contribution in [0.3, 0.4) is 0 Å². The lowest BCUT2D eigenvalue weighted by molar-refractivity contribution is -0.122. The summed E-state index contributed by atoms with van der Waals surface area (Å²) in [5, 5.41) is 6.32. The predicted octanol–water partition coefficient (Wildman–Crippen LogP) is 1.00. The molecule has 2 atom stereocenters. The number of carbonyl (C=O) groups is 1. The highest BCUT2D eigenvalue weighted by Gasteiger charge is 2.22. The molecule has 2 rings (SSSR count). The van der Waals surface area contributed by atoms with Crippen molar-refractivity contribution in [2.24, 2.45) is 5.92 Å². The van der Waals surface area contributed by atoms with Crippen molar-refractivity contribution in [1.82, 2.24) is 20.4 Å². The van der Waals surface area contributed by atoms with Gasteiger partial charge in [-0.25, -0.2) is 0 Å². The van der Waals surface area contributed by atoms with Crippen LogP contribution < -0.4 is 10.6 Å². The minimum Gasteiger partial charge on any atom is -0.354 e. The quantitative estimate of drug-likeness (QED) is 0.750. The first kappa shape index (κ1) is 24.5. The Morgan fingerprint density at radius 2 is 1.86 bits per heavy atom. The van der Waals surface area contributed by atoms with Crippen molar-refractivity contribution in [3.63, 3.8) is 0 Å². The number of piperazine rings is 1. The molecule has 22 heavy (non-hydrogen) atoms. The molecule has 2 N–H and O–H groups in total. The molecule has 0 aromatic rings. The van der Waals surface area contributed by atoms with Crippen LogP contribution in [0.15, 0.2) is 0 Å². The number of halogens is 3. The minimum atomic E-state index is 0. The molecule has 1 amide bonds. The normalized spacial score (nSPS) is 23.6. The van der Waals surface area contributed by atoms with Gasteiger partial charge in [0, 0.05) is 39.3 Å². The molecule has 5 nitrogen and oxygen atoms in total. The first-order valence-electron chi connectivity index (χ1n) is 7.57. The summed E-state index contributed by atoms with van der Waals surface area (Å²) in [6.45, 7) is 9.71. The molecule has 2 aliphatic heterocycles. The summed E-state index contributed by atoms with van der Waals surface area (Å²) in [4.78, 5) is 16.8. The predicted molar refractivity (Wildman–Crippen MR) is 98.9 cm³/mol. The van der Waals surface area contributed by atoms with Crippen molar-refractivity contribution in [3.05, 3.63) is 0 Å². The molecule has 2 aliphatic rings. The van der Waals surface area contributed by atoms with Gasteiger partial charge in [0.15, 0.2) is 0 Å². The van der Waals surface area contributed by atoms with E-state index in [9.17, 15) is 4.79 Å². The van der Waals surface area contributed by atoms with Crippen LogP contribution in [0.2, 0.25) is 0 Å². The van der Waals surface area contributed by atoms with E-state index in [-0.39, 0.29) is 49.2 Å². The molecular formula is C14H31Cl3N4O. The Labute approximate surface area is 153 Å². The lowest BCUT2D eigenvalue weighted by atomic mass is 10.1. The zero-order valence-electron chi connectivity index (χ0n) is 13.5. The number of nitrogens with one attached hydrogen (secondary N) is 2. The third-order valence-corrected chi connectivity index (χ3v) is 4.17. The number of likely N-dealkylation sites (N-methyl/N-ethyl adjacent to an activating group) is 1. The van der Waals surface area contributed by atoms with E-state index in [1.54, 1.807) is 0 Å². The maximum atomic E-state index is 11.9. The maximum Gasteiger partial charge on any atom is 0.237 e. The Bertz CT molecular complexity index is 296. The fourth-order valence-electron chi connectivity index (χ4n) is 2.84. The van der Waals surface area contributed by atoms with Crippen LogP contribution in [-0.2, 0) is 4.79 Å². The van der Waals surface area contributed by atoms with E-state index in [1.165, 1.54) is 0 Å². The van der Waals surface area contributed by atoms with Crippen LogP contribution in [0, 0.1) is 5.92 Å². The molecule has 2 saturated heterocycles.